The van der Waals surface area contributed by atoms with E-state index < -0.39 is 0 Å². The molecule has 1 saturated carbocycles. The van der Waals surface area contributed by atoms with Gasteiger partial charge in [0, 0.05) is 23.7 Å². The van der Waals surface area contributed by atoms with Crippen molar-refractivity contribution in [3.8, 4) is 0 Å². The fourth-order valence-electron chi connectivity index (χ4n) is 3.42. The Morgan fingerprint density at radius 3 is 3.10 bits per heavy atom. The van der Waals surface area contributed by atoms with Crippen molar-refractivity contribution in [1.82, 2.24) is 15.1 Å². The van der Waals surface area contributed by atoms with Crippen molar-refractivity contribution >= 4 is 12.2 Å². The normalized spacial score (nSPS) is 28.7. The third-order valence-corrected chi connectivity index (χ3v) is 4.95. The smallest absolute Gasteiger partial charge is 0.117 e. The summed E-state index contributed by atoms with van der Waals surface area (Å²) in [6.07, 6.45) is 13.5. The largest absolute Gasteiger partial charge is 0.350 e. The molecule has 4 rings (SSSR count). The summed E-state index contributed by atoms with van der Waals surface area (Å²) in [5, 5.41) is 7.69. The summed E-state index contributed by atoms with van der Waals surface area (Å²) in [6.45, 7) is 1.66. The molecule has 0 aromatic carbocycles. The molecule has 0 saturated heterocycles. The highest BCUT2D eigenvalue weighted by molar-refractivity contribution is 5.96. The molecule has 0 bridgehead atoms. The molecule has 0 amide bonds. The van der Waals surface area contributed by atoms with Crippen LogP contribution in [0.5, 0.6) is 0 Å². The lowest BCUT2D eigenvalue weighted by Gasteiger charge is -2.40. The number of rotatable bonds is 4. The second-order valence-electron chi connectivity index (χ2n) is 6.28. The highest BCUT2D eigenvalue weighted by Crippen LogP contribution is 2.41. The molecule has 1 aliphatic carbocycles. The highest BCUT2D eigenvalue weighted by atomic mass is 15.3. The van der Waals surface area contributed by atoms with Gasteiger partial charge in [0.2, 0.25) is 0 Å². The summed E-state index contributed by atoms with van der Waals surface area (Å²) in [5.74, 6) is 1.18. The molecule has 1 aromatic heterocycles. The van der Waals surface area contributed by atoms with Gasteiger partial charge in [-0.1, -0.05) is 12.5 Å². The minimum Gasteiger partial charge on any atom is -0.350 e. The van der Waals surface area contributed by atoms with Crippen molar-refractivity contribution in [2.75, 3.05) is 6.54 Å². The van der Waals surface area contributed by atoms with Crippen LogP contribution in [0.2, 0.25) is 0 Å². The number of nitrogens with two attached hydrogens (primary N) is 1. The van der Waals surface area contributed by atoms with Crippen LogP contribution >= 0.6 is 0 Å². The van der Waals surface area contributed by atoms with E-state index in [0.29, 0.717) is 0 Å². The van der Waals surface area contributed by atoms with Crippen molar-refractivity contribution in [1.29, 1.82) is 0 Å². The number of fused-ring (bicyclic) bond motifs is 1. The predicted octanol–water partition coefficient (Wildman–Crippen LogP) is 1.23. The zero-order valence-corrected chi connectivity index (χ0v) is 11.9. The molecule has 1 aromatic rings. The van der Waals surface area contributed by atoms with Crippen LogP contribution in [0, 0.1) is 11.3 Å². The maximum Gasteiger partial charge on any atom is 0.117 e. The number of nitrogens with one attached hydrogen (secondary N) is 1. The fourth-order valence-corrected chi connectivity index (χ4v) is 3.42. The summed E-state index contributed by atoms with van der Waals surface area (Å²) in [4.78, 5) is 8.80. The molecular formula is C15H20N6. The van der Waals surface area contributed by atoms with Crippen LogP contribution in [-0.2, 0) is 6.54 Å². The Morgan fingerprint density at radius 2 is 2.33 bits per heavy atom. The minimum atomic E-state index is 0.0766. The molecule has 3 aliphatic rings. The van der Waals surface area contributed by atoms with Crippen molar-refractivity contribution in [3.63, 3.8) is 0 Å². The Hall–Kier alpha value is -1.95. The van der Waals surface area contributed by atoms with Gasteiger partial charge in [-0.25, -0.2) is 4.99 Å². The van der Waals surface area contributed by atoms with E-state index in [9.17, 15) is 0 Å². The van der Waals surface area contributed by atoms with Crippen LogP contribution in [0.25, 0.3) is 0 Å². The lowest BCUT2D eigenvalue weighted by molar-refractivity contribution is 0.111. The lowest BCUT2D eigenvalue weighted by atomic mass is 9.69. The first kappa shape index (κ1) is 12.8. The van der Waals surface area contributed by atoms with Gasteiger partial charge in [-0.05, 0) is 25.6 Å². The van der Waals surface area contributed by atoms with Crippen LogP contribution < -0.4 is 11.1 Å². The number of amidine groups is 1. The van der Waals surface area contributed by atoms with Gasteiger partial charge in [0.1, 0.15) is 12.2 Å². The number of nitrogens with zero attached hydrogens (tertiary/aromatic N) is 4. The molecule has 0 spiro atoms. The number of aliphatic imine (C=N–C) groups is 2. The molecular weight excluding hydrogens is 264 g/mol. The van der Waals surface area contributed by atoms with Crippen molar-refractivity contribution in [2.24, 2.45) is 27.1 Å². The molecule has 3 N–H and O–H groups in total. The molecule has 6 nitrogen and oxygen atoms in total. The first-order valence-corrected chi connectivity index (χ1v) is 7.55. The van der Waals surface area contributed by atoms with E-state index in [1.165, 1.54) is 19.3 Å². The van der Waals surface area contributed by atoms with Gasteiger partial charge in [-0.15, -0.1) is 0 Å². The van der Waals surface area contributed by atoms with E-state index in [0.717, 1.165) is 24.5 Å². The zero-order chi connectivity index (χ0) is 14.3. The van der Waals surface area contributed by atoms with Gasteiger partial charge in [0.05, 0.1) is 18.2 Å². The summed E-state index contributed by atoms with van der Waals surface area (Å²) < 4.78 is 2.04. The third-order valence-electron chi connectivity index (χ3n) is 4.95. The first-order chi connectivity index (χ1) is 10.3. The quantitative estimate of drug-likeness (QED) is 0.872. The molecule has 3 heterocycles. The zero-order valence-electron chi connectivity index (χ0n) is 11.9. The van der Waals surface area contributed by atoms with Gasteiger partial charge >= 0.3 is 0 Å². The Bertz CT molecular complexity index is 616. The molecule has 6 heteroatoms. The van der Waals surface area contributed by atoms with Crippen LogP contribution in [0.4, 0.5) is 0 Å². The van der Waals surface area contributed by atoms with Gasteiger partial charge in [0.25, 0.3) is 0 Å². The predicted molar refractivity (Wildman–Crippen MR) is 82.0 cm³/mol. The number of aromatic nitrogens is 2. The van der Waals surface area contributed by atoms with Crippen LogP contribution in [0.1, 0.15) is 30.9 Å². The van der Waals surface area contributed by atoms with Crippen molar-refractivity contribution < 1.29 is 0 Å². The van der Waals surface area contributed by atoms with E-state index in [2.05, 4.69) is 32.7 Å². The van der Waals surface area contributed by atoms with E-state index >= 15 is 0 Å². The minimum absolute atomic E-state index is 0.0766. The van der Waals surface area contributed by atoms with E-state index in [4.69, 9.17) is 5.73 Å². The number of hydrogen-bond donors (Lipinski definition) is 2. The van der Waals surface area contributed by atoms with Gasteiger partial charge in [-0.3, -0.25) is 9.67 Å². The second kappa shape index (κ2) is 4.80. The van der Waals surface area contributed by atoms with Gasteiger partial charge in [-0.2, -0.15) is 5.10 Å². The summed E-state index contributed by atoms with van der Waals surface area (Å²) in [5.41, 5.74) is 7.35. The van der Waals surface area contributed by atoms with Crippen LogP contribution in [0.15, 0.2) is 34.7 Å². The Kier molecular flexibility index (Phi) is 2.92. The van der Waals surface area contributed by atoms with Crippen molar-refractivity contribution in [2.45, 2.75) is 31.8 Å². The van der Waals surface area contributed by atoms with Crippen LogP contribution in [-0.4, -0.2) is 28.5 Å². The lowest BCUT2D eigenvalue weighted by Crippen LogP contribution is -2.41. The molecule has 1 fully saturated rings. The average Bonchev–Trinajstić information content (AvgIpc) is 3.11. The Balaban J connectivity index is 1.53. The van der Waals surface area contributed by atoms with Crippen molar-refractivity contribution in [3.05, 3.63) is 30.2 Å². The number of hydrogen-bond acceptors (Lipinski definition) is 5. The van der Waals surface area contributed by atoms with Gasteiger partial charge < -0.3 is 11.1 Å². The van der Waals surface area contributed by atoms with E-state index in [1.54, 1.807) is 6.34 Å². The summed E-state index contributed by atoms with van der Waals surface area (Å²) in [6, 6.07) is 0.0766. The Morgan fingerprint density at radius 1 is 1.43 bits per heavy atom. The highest BCUT2D eigenvalue weighted by Gasteiger charge is 2.36. The maximum atomic E-state index is 5.94. The van der Waals surface area contributed by atoms with Gasteiger partial charge in [0.15, 0.2) is 0 Å². The second-order valence-corrected chi connectivity index (χ2v) is 6.28. The molecule has 110 valence electrons. The molecule has 2 atom stereocenters. The maximum absolute atomic E-state index is 5.94. The topological polar surface area (TPSA) is 80.6 Å². The first-order valence-electron chi connectivity index (χ1n) is 7.55. The summed E-state index contributed by atoms with van der Waals surface area (Å²) >= 11 is 0. The van der Waals surface area contributed by atoms with E-state index in [1.807, 2.05) is 17.1 Å². The standard InChI is InChI=1S/C15H20N6/c16-8-15(3-1-4-15)9-21-7-11(6-20-21)13-12-2-5-17-14(12)19-10-18-13/h2,5-7,10,12-13H,1,3-4,8-9,16H2,(H,17,18,19). The average molecular weight is 284 g/mol. The SMILES string of the molecule is NCC1(Cn2cc(C3N=CN=C4NC=CC43)cn2)CCC1. The fraction of sp³-hybridized carbons (Fsp3) is 0.533. The van der Waals surface area contributed by atoms with E-state index in [-0.39, 0.29) is 17.4 Å². The third kappa shape index (κ3) is 2.10. The monoisotopic (exact) mass is 284 g/mol. The molecule has 21 heavy (non-hydrogen) atoms. The molecule has 0 radical (unpaired) electrons. The molecule has 2 unspecified atom stereocenters. The Labute approximate surface area is 123 Å². The molecule has 2 aliphatic heterocycles. The van der Waals surface area contributed by atoms with Crippen LogP contribution in [0.3, 0.4) is 0 Å². The summed E-state index contributed by atoms with van der Waals surface area (Å²) in [7, 11) is 0.